The summed E-state index contributed by atoms with van der Waals surface area (Å²) in [4.78, 5) is 24.4. The van der Waals surface area contributed by atoms with Crippen molar-refractivity contribution in [1.29, 1.82) is 0 Å². The molecular weight excluding hydrogens is 462 g/mol. The molecule has 0 aliphatic carbocycles. The Morgan fingerprint density at radius 2 is 1.47 bits per heavy atom. The topological polar surface area (TPSA) is 67.4 Å². The van der Waals surface area contributed by atoms with E-state index < -0.39 is 29.1 Å². The van der Waals surface area contributed by atoms with Crippen molar-refractivity contribution in [3.63, 3.8) is 0 Å². The molecule has 0 fully saturated rings. The fraction of sp³-hybridized carbons (Fsp3) is 0.0769. The van der Waals surface area contributed by atoms with Gasteiger partial charge in [0.05, 0.1) is 0 Å². The van der Waals surface area contributed by atoms with E-state index in [1.807, 2.05) is 43.4 Å². The van der Waals surface area contributed by atoms with Gasteiger partial charge in [-0.25, -0.2) is 13.6 Å². The zero-order valence-corrected chi connectivity index (χ0v) is 19.0. The third-order valence-electron chi connectivity index (χ3n) is 5.18. The molecule has 5 nitrogen and oxygen atoms in total. The van der Waals surface area contributed by atoms with E-state index in [0.717, 1.165) is 40.1 Å². The number of fused-ring (bicyclic) bond motifs is 1. The first-order valence-corrected chi connectivity index (χ1v) is 10.6. The van der Waals surface area contributed by atoms with E-state index in [1.54, 1.807) is 24.3 Å². The quantitative estimate of drug-likeness (QED) is 0.326. The Morgan fingerprint density at radius 3 is 2.12 bits per heavy atom. The van der Waals surface area contributed by atoms with E-state index >= 15 is 0 Å². The number of ether oxygens (including phenoxy) is 1. The molecule has 0 radical (unpaired) electrons. The van der Waals surface area contributed by atoms with Crippen molar-refractivity contribution >= 4 is 40.0 Å². The highest BCUT2D eigenvalue weighted by Gasteiger charge is 2.19. The standard InChI is InChI=1S/C26H19ClF2N2O3/c1-14-12-16(30-26(33)31-25(32)23-20(28)8-5-9-21(23)29)13-15(2)24(14)34-22-11-10-19(27)17-6-3-4-7-18(17)22/h3-13H,1-2H3,(H2,30,31,32,33). The minimum atomic E-state index is -1.18. The Morgan fingerprint density at radius 1 is 0.853 bits per heavy atom. The molecule has 2 N–H and O–H groups in total. The SMILES string of the molecule is Cc1cc(NC(=O)NC(=O)c2c(F)cccc2F)cc(C)c1Oc1ccc(Cl)c2ccccc12. The minimum absolute atomic E-state index is 0.377. The van der Waals surface area contributed by atoms with Gasteiger partial charge >= 0.3 is 6.03 Å². The van der Waals surface area contributed by atoms with Gasteiger partial charge in [0.1, 0.15) is 28.7 Å². The lowest BCUT2D eigenvalue weighted by molar-refractivity contribution is 0.0959. The Kier molecular flexibility index (Phi) is 6.47. The van der Waals surface area contributed by atoms with Crippen LogP contribution < -0.4 is 15.4 Å². The van der Waals surface area contributed by atoms with Crippen LogP contribution in [-0.2, 0) is 0 Å². The van der Waals surface area contributed by atoms with Crippen molar-refractivity contribution in [2.45, 2.75) is 13.8 Å². The number of benzene rings is 4. The molecule has 0 bridgehead atoms. The third-order valence-corrected chi connectivity index (χ3v) is 5.51. The molecule has 172 valence electrons. The zero-order chi connectivity index (χ0) is 24.4. The summed E-state index contributed by atoms with van der Waals surface area (Å²) in [5.74, 6) is -2.08. The van der Waals surface area contributed by atoms with Crippen LogP contribution in [0.3, 0.4) is 0 Å². The van der Waals surface area contributed by atoms with Crippen molar-refractivity contribution in [1.82, 2.24) is 5.32 Å². The number of halogens is 3. The highest BCUT2D eigenvalue weighted by molar-refractivity contribution is 6.35. The number of carbonyl (C=O) groups is 2. The van der Waals surface area contributed by atoms with Gasteiger partial charge in [0.2, 0.25) is 0 Å². The summed E-state index contributed by atoms with van der Waals surface area (Å²) in [6, 6.07) is 16.6. The second-order valence-corrected chi connectivity index (χ2v) is 8.04. The van der Waals surface area contributed by atoms with E-state index in [-0.39, 0.29) is 0 Å². The van der Waals surface area contributed by atoms with Crippen LogP contribution in [0, 0.1) is 25.5 Å². The van der Waals surface area contributed by atoms with Crippen LogP contribution in [-0.4, -0.2) is 11.9 Å². The number of carbonyl (C=O) groups excluding carboxylic acids is 2. The first-order chi connectivity index (χ1) is 16.2. The van der Waals surface area contributed by atoms with Crippen LogP contribution >= 0.6 is 11.6 Å². The summed E-state index contributed by atoms with van der Waals surface area (Å²) in [5, 5.41) is 6.77. The van der Waals surface area contributed by atoms with E-state index in [2.05, 4.69) is 5.32 Å². The summed E-state index contributed by atoms with van der Waals surface area (Å²) in [7, 11) is 0. The Bertz CT molecular complexity index is 1400. The number of urea groups is 1. The Balaban J connectivity index is 1.53. The highest BCUT2D eigenvalue weighted by atomic mass is 35.5. The fourth-order valence-corrected chi connectivity index (χ4v) is 3.89. The van der Waals surface area contributed by atoms with E-state index in [1.165, 1.54) is 0 Å². The van der Waals surface area contributed by atoms with E-state index in [9.17, 15) is 18.4 Å². The van der Waals surface area contributed by atoms with E-state index in [0.29, 0.717) is 22.2 Å². The lowest BCUT2D eigenvalue weighted by Gasteiger charge is -2.16. The Labute approximate surface area is 199 Å². The molecule has 0 spiro atoms. The van der Waals surface area contributed by atoms with Gasteiger partial charge in [-0.3, -0.25) is 10.1 Å². The van der Waals surface area contributed by atoms with Crippen LogP contribution in [0.4, 0.5) is 19.3 Å². The Hall–Kier alpha value is -3.97. The van der Waals surface area contributed by atoms with Crippen molar-refractivity contribution in [3.05, 3.63) is 100 Å². The molecular formula is C26H19ClF2N2O3. The van der Waals surface area contributed by atoms with E-state index in [4.69, 9.17) is 16.3 Å². The fourth-order valence-electron chi connectivity index (χ4n) is 3.66. The predicted octanol–water partition coefficient (Wildman–Crippen LogP) is 7.14. The van der Waals surface area contributed by atoms with Crippen molar-refractivity contribution in [3.8, 4) is 11.5 Å². The summed E-state index contributed by atoms with van der Waals surface area (Å²) < 4.78 is 33.7. The lowest BCUT2D eigenvalue weighted by Crippen LogP contribution is -2.35. The number of amides is 3. The van der Waals surface area contributed by atoms with Crippen molar-refractivity contribution in [2.75, 3.05) is 5.32 Å². The van der Waals surface area contributed by atoms with Gasteiger partial charge in [0, 0.05) is 21.5 Å². The monoisotopic (exact) mass is 480 g/mol. The molecule has 0 atom stereocenters. The molecule has 0 saturated carbocycles. The van der Waals surface area contributed by atoms with Crippen molar-refractivity contribution in [2.24, 2.45) is 0 Å². The molecule has 0 aliphatic heterocycles. The second kappa shape index (κ2) is 9.49. The normalized spacial score (nSPS) is 10.7. The minimum Gasteiger partial charge on any atom is -0.456 e. The average Bonchev–Trinajstić information content (AvgIpc) is 2.77. The van der Waals surface area contributed by atoms with Gasteiger partial charge in [-0.15, -0.1) is 0 Å². The van der Waals surface area contributed by atoms with Gasteiger partial charge in [0.25, 0.3) is 5.91 Å². The maximum absolute atomic E-state index is 13.8. The van der Waals surface area contributed by atoms with Crippen molar-refractivity contribution < 1.29 is 23.1 Å². The number of imide groups is 1. The van der Waals surface area contributed by atoms with Gasteiger partial charge in [-0.1, -0.05) is 41.9 Å². The molecule has 3 amide bonds. The second-order valence-electron chi connectivity index (χ2n) is 7.64. The van der Waals surface area contributed by atoms with Crippen LogP contribution in [0.5, 0.6) is 11.5 Å². The molecule has 4 rings (SSSR count). The first kappa shape index (κ1) is 23.2. The molecule has 8 heteroatoms. The number of aryl methyl sites for hydroxylation is 2. The average molecular weight is 481 g/mol. The smallest absolute Gasteiger partial charge is 0.326 e. The van der Waals surface area contributed by atoms with Crippen LogP contribution in [0.2, 0.25) is 5.02 Å². The number of hydrogen-bond acceptors (Lipinski definition) is 3. The van der Waals surface area contributed by atoms with Gasteiger partial charge in [-0.2, -0.15) is 0 Å². The number of hydrogen-bond donors (Lipinski definition) is 2. The molecule has 0 aromatic heterocycles. The summed E-state index contributed by atoms with van der Waals surface area (Å²) >= 11 is 6.29. The number of nitrogens with one attached hydrogen (secondary N) is 2. The number of anilines is 1. The van der Waals surface area contributed by atoms with Gasteiger partial charge in [-0.05, 0) is 61.4 Å². The molecule has 0 heterocycles. The lowest BCUT2D eigenvalue weighted by atomic mass is 10.1. The summed E-state index contributed by atoms with van der Waals surface area (Å²) in [6.07, 6.45) is 0. The molecule has 4 aromatic rings. The zero-order valence-electron chi connectivity index (χ0n) is 18.2. The largest absolute Gasteiger partial charge is 0.456 e. The molecule has 0 unspecified atom stereocenters. The predicted molar refractivity (Wildman–Crippen MR) is 128 cm³/mol. The summed E-state index contributed by atoms with van der Waals surface area (Å²) in [5.41, 5.74) is 0.994. The third kappa shape index (κ3) is 4.70. The van der Waals surface area contributed by atoms with Crippen LogP contribution in [0.15, 0.2) is 66.7 Å². The molecule has 4 aromatic carbocycles. The number of rotatable bonds is 4. The van der Waals surface area contributed by atoms with Crippen LogP contribution in [0.1, 0.15) is 21.5 Å². The maximum Gasteiger partial charge on any atom is 0.326 e. The first-order valence-electron chi connectivity index (χ1n) is 10.3. The van der Waals surface area contributed by atoms with Gasteiger partial charge < -0.3 is 10.1 Å². The maximum atomic E-state index is 13.8. The highest BCUT2D eigenvalue weighted by Crippen LogP contribution is 2.37. The molecule has 0 aliphatic rings. The molecule has 0 saturated heterocycles. The molecule has 34 heavy (non-hydrogen) atoms. The summed E-state index contributed by atoms with van der Waals surface area (Å²) in [6.45, 7) is 3.62. The van der Waals surface area contributed by atoms with Gasteiger partial charge in [0.15, 0.2) is 0 Å². The van der Waals surface area contributed by atoms with Crippen LogP contribution in [0.25, 0.3) is 10.8 Å².